The lowest BCUT2D eigenvalue weighted by Crippen LogP contribution is -2.34. The molecular formula is C19H26N4O3. The normalized spacial score (nSPS) is 23.8. The zero-order valence-electron chi connectivity index (χ0n) is 15.4. The maximum absolute atomic E-state index is 13.0. The lowest BCUT2D eigenvalue weighted by atomic mass is 10.1. The van der Waals surface area contributed by atoms with Gasteiger partial charge in [-0.1, -0.05) is 0 Å². The summed E-state index contributed by atoms with van der Waals surface area (Å²) in [7, 11) is 0. The Balaban J connectivity index is 1.44. The fourth-order valence-electron chi connectivity index (χ4n) is 4.01. The Bertz CT molecular complexity index is 755. The van der Waals surface area contributed by atoms with Crippen molar-refractivity contribution in [2.24, 2.45) is 5.92 Å². The molecule has 0 saturated carbocycles. The van der Waals surface area contributed by atoms with Crippen LogP contribution < -0.4 is 0 Å². The van der Waals surface area contributed by atoms with Crippen LogP contribution in [0.5, 0.6) is 0 Å². The summed E-state index contributed by atoms with van der Waals surface area (Å²) < 4.78 is 13.3. The molecule has 7 nitrogen and oxygen atoms in total. The van der Waals surface area contributed by atoms with Gasteiger partial charge in [0.2, 0.25) is 0 Å². The Morgan fingerprint density at radius 3 is 3.00 bits per heavy atom. The molecule has 26 heavy (non-hydrogen) atoms. The van der Waals surface area contributed by atoms with Crippen molar-refractivity contribution in [2.45, 2.75) is 33.0 Å². The van der Waals surface area contributed by atoms with Crippen LogP contribution in [0.2, 0.25) is 0 Å². The van der Waals surface area contributed by atoms with Gasteiger partial charge in [-0.2, -0.15) is 5.10 Å². The van der Waals surface area contributed by atoms with Crippen LogP contribution in [0.15, 0.2) is 28.9 Å². The van der Waals surface area contributed by atoms with Gasteiger partial charge < -0.3 is 14.1 Å². The number of nitrogens with zero attached hydrogens (tertiary/aromatic N) is 4. The lowest BCUT2D eigenvalue weighted by Gasteiger charge is -2.22. The van der Waals surface area contributed by atoms with Crippen LogP contribution in [0, 0.1) is 12.8 Å². The molecule has 2 aliphatic heterocycles. The van der Waals surface area contributed by atoms with Gasteiger partial charge in [0.1, 0.15) is 11.5 Å². The average molecular weight is 358 g/mol. The van der Waals surface area contributed by atoms with E-state index in [1.807, 2.05) is 36.9 Å². The van der Waals surface area contributed by atoms with Gasteiger partial charge in [0.05, 0.1) is 31.2 Å². The molecule has 0 N–H and O–H groups in total. The monoisotopic (exact) mass is 358 g/mol. The van der Waals surface area contributed by atoms with Crippen LogP contribution in [-0.2, 0) is 17.8 Å². The van der Waals surface area contributed by atoms with Crippen molar-refractivity contribution >= 4 is 5.91 Å². The number of rotatable bonds is 4. The first-order valence-electron chi connectivity index (χ1n) is 9.34. The van der Waals surface area contributed by atoms with Gasteiger partial charge >= 0.3 is 0 Å². The number of amides is 1. The fourth-order valence-corrected chi connectivity index (χ4v) is 4.01. The summed E-state index contributed by atoms with van der Waals surface area (Å²) in [4.78, 5) is 17.3. The zero-order valence-corrected chi connectivity index (χ0v) is 15.4. The van der Waals surface area contributed by atoms with E-state index in [2.05, 4.69) is 10.00 Å². The van der Waals surface area contributed by atoms with Crippen molar-refractivity contribution in [1.29, 1.82) is 0 Å². The third-order valence-electron chi connectivity index (χ3n) is 5.28. The highest BCUT2D eigenvalue weighted by Crippen LogP contribution is 2.26. The third-order valence-corrected chi connectivity index (χ3v) is 5.28. The molecular weight excluding hydrogens is 332 g/mol. The number of ether oxygens (including phenoxy) is 1. The van der Waals surface area contributed by atoms with Crippen LogP contribution in [0.25, 0.3) is 0 Å². The molecule has 0 unspecified atom stereocenters. The summed E-state index contributed by atoms with van der Waals surface area (Å²) in [6.07, 6.45) is 1.82. The van der Waals surface area contributed by atoms with E-state index in [4.69, 9.17) is 9.15 Å². The molecule has 1 amide bonds. The van der Waals surface area contributed by atoms with Crippen molar-refractivity contribution < 1.29 is 13.9 Å². The predicted octanol–water partition coefficient (Wildman–Crippen LogP) is 1.78. The van der Waals surface area contributed by atoms with Crippen LogP contribution in [0.3, 0.4) is 0 Å². The summed E-state index contributed by atoms with van der Waals surface area (Å²) >= 11 is 0. The van der Waals surface area contributed by atoms with Crippen molar-refractivity contribution in [3.63, 3.8) is 0 Å². The highest BCUT2D eigenvalue weighted by Gasteiger charge is 2.39. The number of fused-ring (bicyclic) bond motifs is 1. The van der Waals surface area contributed by atoms with Crippen LogP contribution in [-0.4, -0.2) is 64.4 Å². The van der Waals surface area contributed by atoms with Gasteiger partial charge in [0.25, 0.3) is 5.91 Å². The first-order chi connectivity index (χ1) is 12.6. The molecule has 7 heteroatoms. The number of carbonyl (C=O) groups is 1. The molecule has 0 spiro atoms. The molecule has 140 valence electrons. The van der Waals surface area contributed by atoms with E-state index in [-0.39, 0.29) is 12.0 Å². The summed E-state index contributed by atoms with van der Waals surface area (Å²) in [6, 6.07) is 5.80. The van der Waals surface area contributed by atoms with E-state index >= 15 is 0 Å². The largest absolute Gasteiger partial charge is 0.468 e. The summed E-state index contributed by atoms with van der Waals surface area (Å²) in [6.45, 7) is 9.30. The molecule has 4 heterocycles. The van der Waals surface area contributed by atoms with E-state index in [1.165, 1.54) is 0 Å². The predicted molar refractivity (Wildman–Crippen MR) is 95.8 cm³/mol. The highest BCUT2D eigenvalue weighted by molar-refractivity contribution is 5.93. The second kappa shape index (κ2) is 7.25. The highest BCUT2D eigenvalue weighted by atomic mass is 16.5. The Hall–Kier alpha value is -2.12. The number of hydrogen-bond donors (Lipinski definition) is 0. The van der Waals surface area contributed by atoms with Crippen molar-refractivity contribution in [3.05, 3.63) is 41.6 Å². The number of likely N-dealkylation sites (tertiary alicyclic amines) is 1. The van der Waals surface area contributed by atoms with Gasteiger partial charge in [-0.15, -0.1) is 0 Å². The van der Waals surface area contributed by atoms with Gasteiger partial charge in [0.15, 0.2) is 0 Å². The number of hydrogen-bond acceptors (Lipinski definition) is 5. The summed E-state index contributed by atoms with van der Waals surface area (Å²) in [5.41, 5.74) is 1.55. The molecule has 0 bridgehead atoms. The molecule has 0 radical (unpaired) electrons. The zero-order chi connectivity index (χ0) is 18.1. The fraction of sp³-hybridized carbons (Fsp3) is 0.579. The minimum Gasteiger partial charge on any atom is -0.468 e. The number of carbonyl (C=O) groups excluding carboxylic acids is 1. The van der Waals surface area contributed by atoms with Gasteiger partial charge in [-0.3, -0.25) is 14.4 Å². The molecule has 2 aliphatic rings. The molecule has 2 aromatic rings. The number of aromatic nitrogens is 2. The molecule has 2 saturated heterocycles. The SMILES string of the molecule is CCn1nc(C)cc1C(=O)N1C[C@H]2CN(Cc3ccco3)CCO[C@H]2C1. The third kappa shape index (κ3) is 3.41. The molecule has 2 aromatic heterocycles. The van der Waals surface area contributed by atoms with Gasteiger partial charge in [-0.25, -0.2) is 0 Å². The van der Waals surface area contributed by atoms with Gasteiger partial charge in [0, 0.05) is 38.6 Å². The number of furan rings is 1. The second-order valence-corrected chi connectivity index (χ2v) is 7.18. The molecule has 0 aromatic carbocycles. The maximum atomic E-state index is 13.0. The first-order valence-corrected chi connectivity index (χ1v) is 9.34. The molecule has 2 fully saturated rings. The standard InChI is InChI=1S/C19H26N4O3/c1-3-23-17(9-14(2)20-23)19(24)22-11-15-10-21(6-8-26-18(15)13-22)12-16-5-4-7-25-16/h4-5,7,9,15,18H,3,6,8,10-13H2,1-2H3/t15-,18+/m1/s1. The van der Waals surface area contributed by atoms with E-state index in [0.29, 0.717) is 31.3 Å². The quantitative estimate of drug-likeness (QED) is 0.834. The Kier molecular flexibility index (Phi) is 4.82. The Labute approximate surface area is 153 Å². The number of aryl methyl sites for hydroxylation is 2. The second-order valence-electron chi connectivity index (χ2n) is 7.18. The molecule has 0 aliphatic carbocycles. The van der Waals surface area contributed by atoms with Gasteiger partial charge in [-0.05, 0) is 32.0 Å². The Morgan fingerprint density at radius 1 is 1.35 bits per heavy atom. The topological polar surface area (TPSA) is 63.7 Å². The maximum Gasteiger partial charge on any atom is 0.272 e. The van der Waals surface area contributed by atoms with E-state index in [0.717, 1.165) is 37.6 Å². The van der Waals surface area contributed by atoms with Crippen molar-refractivity contribution in [1.82, 2.24) is 19.6 Å². The minimum absolute atomic E-state index is 0.0571. The lowest BCUT2D eigenvalue weighted by molar-refractivity contribution is 0.0480. The van der Waals surface area contributed by atoms with Crippen LogP contribution in [0.4, 0.5) is 0 Å². The van der Waals surface area contributed by atoms with Crippen LogP contribution in [0.1, 0.15) is 28.9 Å². The van der Waals surface area contributed by atoms with E-state index < -0.39 is 0 Å². The minimum atomic E-state index is 0.0571. The van der Waals surface area contributed by atoms with Crippen molar-refractivity contribution in [2.75, 3.05) is 32.8 Å². The summed E-state index contributed by atoms with van der Waals surface area (Å²) in [5.74, 6) is 1.36. The first kappa shape index (κ1) is 17.3. The smallest absolute Gasteiger partial charge is 0.272 e. The summed E-state index contributed by atoms with van der Waals surface area (Å²) in [5, 5.41) is 4.40. The van der Waals surface area contributed by atoms with Crippen LogP contribution >= 0.6 is 0 Å². The molecule has 4 rings (SSSR count). The average Bonchev–Trinajstić information content (AvgIpc) is 3.33. The van der Waals surface area contributed by atoms with E-state index in [1.54, 1.807) is 10.9 Å². The Morgan fingerprint density at radius 2 is 2.23 bits per heavy atom. The van der Waals surface area contributed by atoms with Crippen molar-refractivity contribution in [3.8, 4) is 0 Å². The molecule has 2 atom stereocenters. The van der Waals surface area contributed by atoms with E-state index in [9.17, 15) is 4.79 Å².